The maximum absolute atomic E-state index is 11.6. The predicted octanol–water partition coefficient (Wildman–Crippen LogP) is 1.95. The summed E-state index contributed by atoms with van der Waals surface area (Å²) < 4.78 is 14.9. The summed E-state index contributed by atoms with van der Waals surface area (Å²) in [5.74, 6) is -0.559. The summed E-state index contributed by atoms with van der Waals surface area (Å²) in [4.78, 5) is 11.6. The van der Waals surface area contributed by atoms with Crippen molar-refractivity contribution in [2.24, 2.45) is 0 Å². The van der Waals surface area contributed by atoms with E-state index in [9.17, 15) is 4.79 Å². The first-order chi connectivity index (χ1) is 8.25. The Bertz CT molecular complexity index is 323. The summed E-state index contributed by atoms with van der Waals surface area (Å²) in [7, 11) is 1.59. The normalized spacial score (nSPS) is 12.1. The molecule has 1 aromatic carbocycles. The lowest BCUT2D eigenvalue weighted by atomic mass is 10.0. The smallest absolute Gasteiger partial charge is 0.315 e. The summed E-state index contributed by atoms with van der Waals surface area (Å²) in [6, 6.07) is 9.51. The van der Waals surface area contributed by atoms with Crippen LogP contribution in [0.3, 0.4) is 0 Å². The van der Waals surface area contributed by atoms with Gasteiger partial charge in [-0.3, -0.25) is 4.79 Å². The van der Waals surface area contributed by atoms with Gasteiger partial charge in [0.05, 0.1) is 19.1 Å². The number of hydrogen-bond acceptors (Lipinski definition) is 4. The van der Waals surface area contributed by atoms with Crippen LogP contribution in [-0.4, -0.2) is 33.1 Å². The van der Waals surface area contributed by atoms with E-state index in [1.54, 1.807) is 7.11 Å². The lowest BCUT2D eigenvalue weighted by Crippen LogP contribution is -2.16. The van der Waals surface area contributed by atoms with Crippen molar-refractivity contribution >= 4 is 5.97 Å². The Labute approximate surface area is 101 Å². The fourth-order valence-electron chi connectivity index (χ4n) is 1.30. The quantitative estimate of drug-likeness (QED) is 0.414. The molecule has 0 aromatic heterocycles. The van der Waals surface area contributed by atoms with Gasteiger partial charge < -0.3 is 14.2 Å². The van der Waals surface area contributed by atoms with Crippen molar-refractivity contribution in [3.63, 3.8) is 0 Å². The molecule has 0 saturated carbocycles. The number of carbonyl (C=O) groups excluding carboxylic acids is 1. The zero-order chi connectivity index (χ0) is 12.5. The average molecular weight is 238 g/mol. The van der Waals surface area contributed by atoms with Crippen molar-refractivity contribution in [2.45, 2.75) is 12.8 Å². The van der Waals surface area contributed by atoms with Gasteiger partial charge in [-0.05, 0) is 12.5 Å². The second-order valence-electron chi connectivity index (χ2n) is 3.61. The van der Waals surface area contributed by atoms with Crippen LogP contribution in [-0.2, 0) is 19.0 Å². The summed E-state index contributed by atoms with van der Waals surface area (Å²) >= 11 is 0. The van der Waals surface area contributed by atoms with E-state index in [4.69, 9.17) is 14.2 Å². The lowest BCUT2D eigenvalue weighted by Gasteiger charge is -2.11. The second kappa shape index (κ2) is 7.81. The fraction of sp³-hybridized carbons (Fsp3) is 0.462. The summed E-state index contributed by atoms with van der Waals surface area (Å²) in [6.45, 7) is 2.70. The molecule has 0 fully saturated rings. The number of ether oxygens (including phenoxy) is 3. The Balaban J connectivity index is 2.28. The maximum atomic E-state index is 11.6. The molecule has 0 heterocycles. The van der Waals surface area contributed by atoms with Crippen molar-refractivity contribution < 1.29 is 19.0 Å². The van der Waals surface area contributed by atoms with Crippen molar-refractivity contribution in [3.8, 4) is 0 Å². The molecule has 0 N–H and O–H groups in total. The molecule has 0 radical (unpaired) electrons. The zero-order valence-electron chi connectivity index (χ0n) is 10.2. The van der Waals surface area contributed by atoms with E-state index in [1.165, 1.54) is 0 Å². The molecule has 0 saturated heterocycles. The fourth-order valence-corrected chi connectivity index (χ4v) is 1.30. The molecule has 1 unspecified atom stereocenters. The minimum absolute atomic E-state index is 0.0284. The van der Waals surface area contributed by atoms with E-state index < -0.39 is 0 Å². The lowest BCUT2D eigenvalue weighted by molar-refractivity contribution is -0.158. The van der Waals surface area contributed by atoms with Crippen LogP contribution in [0.5, 0.6) is 0 Å². The number of methoxy groups -OCH3 is 1. The highest BCUT2D eigenvalue weighted by molar-refractivity contribution is 5.77. The Morgan fingerprint density at radius 2 is 1.94 bits per heavy atom. The van der Waals surface area contributed by atoms with E-state index in [1.807, 2.05) is 37.3 Å². The van der Waals surface area contributed by atoms with Crippen LogP contribution in [0.15, 0.2) is 30.3 Å². The molecule has 0 aliphatic heterocycles. The molecular formula is C13H18O4. The van der Waals surface area contributed by atoms with Gasteiger partial charge in [-0.2, -0.15) is 0 Å². The first-order valence-corrected chi connectivity index (χ1v) is 5.54. The van der Waals surface area contributed by atoms with E-state index in [0.717, 1.165) is 5.56 Å². The van der Waals surface area contributed by atoms with Crippen LogP contribution in [0, 0.1) is 0 Å². The minimum Gasteiger partial charge on any atom is -0.438 e. The molecule has 1 atom stereocenters. The number of rotatable bonds is 7. The van der Waals surface area contributed by atoms with Crippen LogP contribution in [0.4, 0.5) is 0 Å². The standard InChI is InChI=1S/C13H18O4/c1-11(12-6-4-3-5-7-12)13(14)17-10-16-9-8-15-2/h3-7,11H,8-10H2,1-2H3. The molecule has 94 valence electrons. The van der Waals surface area contributed by atoms with Gasteiger partial charge in [0.1, 0.15) is 0 Å². The predicted molar refractivity (Wildman–Crippen MR) is 63.6 cm³/mol. The second-order valence-corrected chi connectivity index (χ2v) is 3.61. The molecule has 4 heteroatoms. The van der Waals surface area contributed by atoms with Gasteiger partial charge in [0.2, 0.25) is 0 Å². The molecule has 1 rings (SSSR count). The van der Waals surface area contributed by atoms with Crippen LogP contribution < -0.4 is 0 Å². The first-order valence-electron chi connectivity index (χ1n) is 5.54. The van der Waals surface area contributed by atoms with Crippen LogP contribution in [0.2, 0.25) is 0 Å². The third kappa shape index (κ3) is 4.97. The Kier molecular flexibility index (Phi) is 6.29. The number of hydrogen-bond donors (Lipinski definition) is 0. The van der Waals surface area contributed by atoms with Crippen LogP contribution in [0.1, 0.15) is 18.4 Å². The molecule has 1 aromatic rings. The van der Waals surface area contributed by atoms with E-state index in [0.29, 0.717) is 13.2 Å². The summed E-state index contributed by atoms with van der Waals surface area (Å²) in [5.41, 5.74) is 0.939. The molecule has 0 amide bonds. The topological polar surface area (TPSA) is 44.8 Å². The molecule has 4 nitrogen and oxygen atoms in total. The van der Waals surface area contributed by atoms with Gasteiger partial charge in [0.25, 0.3) is 0 Å². The first kappa shape index (κ1) is 13.7. The third-order valence-electron chi connectivity index (χ3n) is 2.37. The maximum Gasteiger partial charge on any atom is 0.315 e. The van der Waals surface area contributed by atoms with Gasteiger partial charge in [0, 0.05) is 7.11 Å². The average Bonchev–Trinajstić information content (AvgIpc) is 2.38. The number of benzene rings is 1. The molecule has 0 aliphatic carbocycles. The van der Waals surface area contributed by atoms with Crippen molar-refractivity contribution in [3.05, 3.63) is 35.9 Å². The highest BCUT2D eigenvalue weighted by Gasteiger charge is 2.15. The Morgan fingerprint density at radius 3 is 2.59 bits per heavy atom. The zero-order valence-corrected chi connectivity index (χ0v) is 10.2. The number of carbonyl (C=O) groups is 1. The number of esters is 1. The minimum atomic E-state index is -0.284. The van der Waals surface area contributed by atoms with Crippen molar-refractivity contribution in [1.29, 1.82) is 0 Å². The monoisotopic (exact) mass is 238 g/mol. The van der Waals surface area contributed by atoms with E-state index in [2.05, 4.69) is 0 Å². The summed E-state index contributed by atoms with van der Waals surface area (Å²) in [5, 5.41) is 0. The highest BCUT2D eigenvalue weighted by atomic mass is 16.7. The van der Waals surface area contributed by atoms with Gasteiger partial charge in [-0.15, -0.1) is 0 Å². The highest BCUT2D eigenvalue weighted by Crippen LogP contribution is 2.15. The van der Waals surface area contributed by atoms with E-state index in [-0.39, 0.29) is 18.7 Å². The molecule has 0 aliphatic rings. The largest absolute Gasteiger partial charge is 0.438 e. The van der Waals surface area contributed by atoms with Crippen LogP contribution in [0.25, 0.3) is 0 Å². The molecule has 17 heavy (non-hydrogen) atoms. The molecule has 0 spiro atoms. The Hall–Kier alpha value is -1.39. The summed E-state index contributed by atoms with van der Waals surface area (Å²) in [6.07, 6.45) is 0. The SMILES string of the molecule is COCCOCOC(=O)C(C)c1ccccc1. The van der Waals surface area contributed by atoms with Crippen LogP contribution >= 0.6 is 0 Å². The molecular weight excluding hydrogens is 220 g/mol. The third-order valence-corrected chi connectivity index (χ3v) is 2.37. The van der Waals surface area contributed by atoms with Crippen molar-refractivity contribution in [2.75, 3.05) is 27.1 Å². The van der Waals surface area contributed by atoms with Gasteiger partial charge in [-0.25, -0.2) is 0 Å². The van der Waals surface area contributed by atoms with Gasteiger partial charge in [-0.1, -0.05) is 30.3 Å². The van der Waals surface area contributed by atoms with Gasteiger partial charge >= 0.3 is 5.97 Å². The van der Waals surface area contributed by atoms with Gasteiger partial charge in [0.15, 0.2) is 6.79 Å². The van der Waals surface area contributed by atoms with E-state index >= 15 is 0 Å². The van der Waals surface area contributed by atoms with Crippen molar-refractivity contribution in [1.82, 2.24) is 0 Å². The Morgan fingerprint density at radius 1 is 1.24 bits per heavy atom. The molecule has 0 bridgehead atoms.